The lowest BCUT2D eigenvalue weighted by Crippen LogP contribution is -2.38. The van der Waals surface area contributed by atoms with Gasteiger partial charge in [0.25, 0.3) is 0 Å². The van der Waals surface area contributed by atoms with Crippen molar-refractivity contribution in [2.45, 2.75) is 102 Å². The number of aliphatic hydroxyl groups is 4. The van der Waals surface area contributed by atoms with Gasteiger partial charge in [0.2, 0.25) is 0 Å². The molecule has 4 N–H and O–H groups in total. The van der Waals surface area contributed by atoms with E-state index in [4.69, 9.17) is 9.84 Å². The number of unbranched alkanes of at least 4 members (excludes halogenated alkanes) is 5. The fourth-order valence-electron chi connectivity index (χ4n) is 4.64. The average Bonchev–Trinajstić information content (AvgIpc) is 3.23. The normalized spacial score (nSPS) is 21.8. The van der Waals surface area contributed by atoms with Gasteiger partial charge < -0.3 is 25.2 Å². The van der Waals surface area contributed by atoms with Crippen molar-refractivity contribution < 1.29 is 30.0 Å². The number of aliphatic hydroxyl groups excluding tert-OH is 3. The molecule has 1 aliphatic carbocycles. The SMILES string of the molecule is CCCCCCC=C[C@H]1CCC[C@@H]1CCCCC(SCC(O)CO)C(C(=O)OC)C(O)O. The van der Waals surface area contributed by atoms with Crippen molar-refractivity contribution in [1.82, 2.24) is 0 Å². The summed E-state index contributed by atoms with van der Waals surface area (Å²) >= 11 is 1.29. The lowest BCUT2D eigenvalue weighted by atomic mass is 9.89. The number of carbonyl (C=O) groups excluding carboxylic acids is 1. The molecule has 6 nitrogen and oxygen atoms in total. The summed E-state index contributed by atoms with van der Waals surface area (Å²) in [5, 5.41) is 37.8. The Morgan fingerprint density at radius 2 is 1.91 bits per heavy atom. The van der Waals surface area contributed by atoms with E-state index in [1.165, 1.54) is 70.2 Å². The van der Waals surface area contributed by atoms with Crippen molar-refractivity contribution in [3.05, 3.63) is 12.2 Å². The van der Waals surface area contributed by atoms with Gasteiger partial charge in [0, 0.05) is 11.0 Å². The average molecular weight is 475 g/mol. The molecule has 0 aliphatic heterocycles. The molecule has 188 valence electrons. The van der Waals surface area contributed by atoms with Crippen molar-refractivity contribution in [1.29, 1.82) is 0 Å². The second kappa shape index (κ2) is 17.8. The zero-order valence-electron chi connectivity index (χ0n) is 20.0. The second-order valence-corrected chi connectivity index (χ2v) is 10.4. The number of allylic oxidation sites excluding steroid dienone is 2. The van der Waals surface area contributed by atoms with E-state index in [1.807, 2.05) is 0 Å². The number of thioether (sulfide) groups is 1. The maximum absolute atomic E-state index is 12.1. The van der Waals surface area contributed by atoms with Crippen molar-refractivity contribution >= 4 is 17.7 Å². The zero-order chi connectivity index (χ0) is 23.8. The smallest absolute Gasteiger partial charge is 0.314 e. The standard InChI is InChI=1S/C25H46O6S/c1-3-4-5-6-7-8-12-19-14-11-15-20(19)13-9-10-16-22(32-18-21(27)17-26)23(24(28)29)25(30)31-2/h8,12,19-24,26-29H,3-7,9-11,13-18H2,1-2H3/t19-,20-,21?,22?,23?/m0/s1. The molecule has 0 radical (unpaired) electrons. The van der Waals surface area contributed by atoms with Crippen LogP contribution in [0.4, 0.5) is 0 Å². The Bertz CT molecular complexity index is 513. The van der Waals surface area contributed by atoms with Gasteiger partial charge in [0.05, 0.1) is 19.8 Å². The molecule has 32 heavy (non-hydrogen) atoms. The Hall–Kier alpha value is -0.600. The minimum absolute atomic E-state index is 0.231. The molecule has 3 unspecified atom stereocenters. The minimum Gasteiger partial charge on any atom is -0.469 e. The summed E-state index contributed by atoms with van der Waals surface area (Å²) in [6.07, 6.45) is 16.0. The molecule has 7 heteroatoms. The molecule has 0 spiro atoms. The molecule has 1 rings (SSSR count). The number of rotatable bonds is 18. The third kappa shape index (κ3) is 11.5. The lowest BCUT2D eigenvalue weighted by molar-refractivity contribution is -0.162. The van der Waals surface area contributed by atoms with E-state index in [-0.39, 0.29) is 17.6 Å². The molecule has 0 saturated heterocycles. The lowest BCUT2D eigenvalue weighted by Gasteiger charge is -2.27. The molecule has 1 saturated carbocycles. The van der Waals surface area contributed by atoms with E-state index >= 15 is 0 Å². The van der Waals surface area contributed by atoms with Gasteiger partial charge >= 0.3 is 5.97 Å². The Kier molecular flexibility index (Phi) is 16.4. The Morgan fingerprint density at radius 1 is 1.12 bits per heavy atom. The highest BCUT2D eigenvalue weighted by Gasteiger charge is 2.35. The van der Waals surface area contributed by atoms with Crippen LogP contribution in [-0.4, -0.2) is 63.5 Å². The van der Waals surface area contributed by atoms with Crippen LogP contribution in [0.1, 0.15) is 84.0 Å². The van der Waals surface area contributed by atoms with Gasteiger partial charge in [0.1, 0.15) is 5.92 Å². The summed E-state index contributed by atoms with van der Waals surface area (Å²) in [6, 6.07) is 0. The first kappa shape index (κ1) is 29.4. The topological polar surface area (TPSA) is 107 Å². The zero-order valence-corrected chi connectivity index (χ0v) is 20.8. The van der Waals surface area contributed by atoms with Crippen LogP contribution < -0.4 is 0 Å². The Morgan fingerprint density at radius 3 is 2.56 bits per heavy atom. The van der Waals surface area contributed by atoms with Gasteiger partial charge in [-0.05, 0) is 50.4 Å². The molecule has 0 heterocycles. The summed E-state index contributed by atoms with van der Waals surface area (Å²) < 4.78 is 4.77. The first-order chi connectivity index (χ1) is 15.4. The highest BCUT2D eigenvalue weighted by Crippen LogP contribution is 2.37. The van der Waals surface area contributed by atoms with Crippen LogP contribution in [0.2, 0.25) is 0 Å². The maximum atomic E-state index is 12.1. The highest BCUT2D eigenvalue weighted by atomic mass is 32.2. The molecule has 5 atom stereocenters. The molecule has 1 fully saturated rings. The van der Waals surface area contributed by atoms with E-state index in [0.717, 1.165) is 19.3 Å². The van der Waals surface area contributed by atoms with E-state index in [2.05, 4.69) is 19.1 Å². The summed E-state index contributed by atoms with van der Waals surface area (Å²) in [4.78, 5) is 12.1. The molecular formula is C25H46O6S. The molecule has 0 aromatic rings. The molecule has 1 aliphatic rings. The number of hydrogen-bond acceptors (Lipinski definition) is 7. The van der Waals surface area contributed by atoms with Crippen LogP contribution in [0.3, 0.4) is 0 Å². The first-order valence-corrected chi connectivity index (χ1v) is 13.5. The molecule has 0 aromatic carbocycles. The highest BCUT2D eigenvalue weighted by molar-refractivity contribution is 8.00. The number of methoxy groups -OCH3 is 1. The quantitative estimate of drug-likeness (QED) is 0.103. The van der Waals surface area contributed by atoms with Crippen molar-refractivity contribution in [3.8, 4) is 0 Å². The van der Waals surface area contributed by atoms with Crippen LogP contribution in [0, 0.1) is 17.8 Å². The van der Waals surface area contributed by atoms with Crippen molar-refractivity contribution in [2.75, 3.05) is 19.5 Å². The molecule has 0 bridgehead atoms. The Labute approximate surface area is 198 Å². The van der Waals surface area contributed by atoms with E-state index in [9.17, 15) is 20.1 Å². The van der Waals surface area contributed by atoms with E-state index in [1.54, 1.807) is 0 Å². The molecule has 0 aromatic heterocycles. The van der Waals surface area contributed by atoms with E-state index < -0.39 is 24.3 Å². The summed E-state index contributed by atoms with van der Waals surface area (Å²) in [6.45, 7) is 1.87. The summed E-state index contributed by atoms with van der Waals surface area (Å²) in [5.74, 6) is -0.103. The predicted octanol–water partition coefficient (Wildman–Crippen LogP) is 4.04. The van der Waals surface area contributed by atoms with Crippen LogP contribution >= 0.6 is 11.8 Å². The predicted molar refractivity (Wildman–Crippen MR) is 130 cm³/mol. The molecular weight excluding hydrogens is 428 g/mol. The largest absolute Gasteiger partial charge is 0.469 e. The van der Waals surface area contributed by atoms with E-state index in [0.29, 0.717) is 18.3 Å². The second-order valence-electron chi connectivity index (χ2n) is 9.09. The fraction of sp³-hybridized carbons (Fsp3) is 0.880. The minimum atomic E-state index is -1.81. The van der Waals surface area contributed by atoms with Gasteiger partial charge in [-0.25, -0.2) is 0 Å². The number of hydrogen-bond donors (Lipinski definition) is 4. The van der Waals surface area contributed by atoms with Crippen molar-refractivity contribution in [2.24, 2.45) is 17.8 Å². The van der Waals surface area contributed by atoms with Gasteiger partial charge in [-0.1, -0.05) is 57.6 Å². The maximum Gasteiger partial charge on any atom is 0.314 e. The number of ether oxygens (including phenoxy) is 1. The van der Waals surface area contributed by atoms with Crippen LogP contribution in [-0.2, 0) is 9.53 Å². The molecule has 0 amide bonds. The third-order valence-corrected chi connectivity index (χ3v) is 8.08. The first-order valence-electron chi connectivity index (χ1n) is 12.5. The summed E-state index contributed by atoms with van der Waals surface area (Å²) in [5.41, 5.74) is 0. The van der Waals surface area contributed by atoms with Gasteiger partial charge in [-0.2, -0.15) is 11.8 Å². The van der Waals surface area contributed by atoms with Crippen LogP contribution in [0.25, 0.3) is 0 Å². The Balaban J connectivity index is 2.50. The third-order valence-electron chi connectivity index (χ3n) is 6.55. The summed E-state index contributed by atoms with van der Waals surface area (Å²) in [7, 11) is 1.24. The number of esters is 1. The van der Waals surface area contributed by atoms with Crippen molar-refractivity contribution in [3.63, 3.8) is 0 Å². The van der Waals surface area contributed by atoms with Gasteiger partial charge in [0.15, 0.2) is 6.29 Å². The van der Waals surface area contributed by atoms with Gasteiger partial charge in [-0.15, -0.1) is 0 Å². The van der Waals surface area contributed by atoms with Crippen LogP contribution in [0.5, 0.6) is 0 Å². The van der Waals surface area contributed by atoms with Crippen LogP contribution in [0.15, 0.2) is 12.2 Å². The number of carbonyl (C=O) groups is 1. The fourth-order valence-corrected chi connectivity index (χ4v) is 6.01. The monoisotopic (exact) mass is 474 g/mol. The van der Waals surface area contributed by atoms with Gasteiger partial charge in [-0.3, -0.25) is 4.79 Å².